The Bertz CT molecular complexity index is 290. The maximum Gasteiger partial charge on any atom is 0.0384 e. The molecule has 0 saturated heterocycles. The Hall–Kier alpha value is -1.18. The van der Waals surface area contributed by atoms with E-state index in [0.717, 1.165) is 6.42 Å². The third-order valence-electron chi connectivity index (χ3n) is 2.53. The average molecular weight is 206 g/mol. The number of anilines is 2. The molecule has 84 valence electrons. The van der Waals surface area contributed by atoms with Crippen LogP contribution in [0, 0.1) is 0 Å². The molecule has 0 amide bonds. The van der Waals surface area contributed by atoms with E-state index < -0.39 is 0 Å². The van der Waals surface area contributed by atoms with Gasteiger partial charge in [-0.15, -0.1) is 0 Å². The highest BCUT2D eigenvalue weighted by atomic mass is 15.1. The molecule has 0 unspecified atom stereocenters. The molecule has 0 aliphatic carbocycles. The number of benzene rings is 1. The molecule has 0 aromatic heterocycles. The van der Waals surface area contributed by atoms with Gasteiger partial charge in [0.2, 0.25) is 0 Å². The van der Waals surface area contributed by atoms with E-state index in [1.54, 1.807) is 0 Å². The molecule has 0 radical (unpaired) electrons. The van der Waals surface area contributed by atoms with Gasteiger partial charge in [0.05, 0.1) is 0 Å². The highest BCUT2D eigenvalue weighted by Crippen LogP contribution is 2.23. The Morgan fingerprint density at radius 2 is 1.33 bits per heavy atom. The standard InChI is InChI=1S/C13H22N2/c1-6-7-11-8-12(14(2)3)10-13(9-11)15(4)5/h8-10H,6-7H2,1-5H3. The third kappa shape index (κ3) is 3.15. The van der Waals surface area contributed by atoms with E-state index in [1.807, 2.05) is 0 Å². The first-order chi connectivity index (χ1) is 7.04. The predicted octanol–water partition coefficient (Wildman–Crippen LogP) is 2.77. The Kier molecular flexibility index (Phi) is 4.01. The number of nitrogens with zero attached hydrogens (tertiary/aromatic N) is 2. The summed E-state index contributed by atoms with van der Waals surface area (Å²) in [6.07, 6.45) is 2.35. The Morgan fingerprint density at radius 1 is 0.867 bits per heavy atom. The minimum absolute atomic E-state index is 1.16. The summed E-state index contributed by atoms with van der Waals surface area (Å²) in [6.45, 7) is 2.22. The van der Waals surface area contributed by atoms with Gasteiger partial charge in [0.15, 0.2) is 0 Å². The van der Waals surface area contributed by atoms with Crippen LogP contribution >= 0.6 is 0 Å². The van der Waals surface area contributed by atoms with Gasteiger partial charge in [0, 0.05) is 39.6 Å². The lowest BCUT2D eigenvalue weighted by Gasteiger charge is -2.19. The van der Waals surface area contributed by atoms with Crippen LogP contribution in [-0.4, -0.2) is 28.2 Å². The fraction of sp³-hybridized carbons (Fsp3) is 0.538. The van der Waals surface area contributed by atoms with E-state index in [-0.39, 0.29) is 0 Å². The van der Waals surface area contributed by atoms with Gasteiger partial charge >= 0.3 is 0 Å². The SMILES string of the molecule is CCCc1cc(N(C)C)cc(N(C)C)c1. The van der Waals surface area contributed by atoms with E-state index in [9.17, 15) is 0 Å². The van der Waals surface area contributed by atoms with Crippen molar-refractivity contribution in [3.8, 4) is 0 Å². The van der Waals surface area contributed by atoms with Crippen LogP contribution in [0.4, 0.5) is 11.4 Å². The molecule has 1 rings (SSSR count). The summed E-state index contributed by atoms with van der Waals surface area (Å²) < 4.78 is 0. The molecule has 0 N–H and O–H groups in total. The molecule has 2 nitrogen and oxygen atoms in total. The maximum absolute atomic E-state index is 2.27. The molecule has 15 heavy (non-hydrogen) atoms. The van der Waals surface area contributed by atoms with Crippen LogP contribution in [0.25, 0.3) is 0 Å². The molecule has 2 heteroatoms. The van der Waals surface area contributed by atoms with Crippen LogP contribution < -0.4 is 9.80 Å². The second-order valence-electron chi connectivity index (χ2n) is 4.40. The van der Waals surface area contributed by atoms with Crippen molar-refractivity contribution in [1.82, 2.24) is 0 Å². The van der Waals surface area contributed by atoms with Gasteiger partial charge in [0.1, 0.15) is 0 Å². The molecule has 1 aromatic rings. The molecule has 0 fully saturated rings. The quantitative estimate of drug-likeness (QED) is 0.747. The molecular weight excluding hydrogens is 184 g/mol. The molecule has 0 heterocycles. The third-order valence-corrected chi connectivity index (χ3v) is 2.53. The van der Waals surface area contributed by atoms with Crippen LogP contribution in [-0.2, 0) is 6.42 Å². The molecular formula is C13H22N2. The molecule has 1 aromatic carbocycles. The summed E-state index contributed by atoms with van der Waals surface area (Å²) in [5, 5.41) is 0. The zero-order valence-electron chi connectivity index (χ0n) is 10.5. The molecule has 0 aliphatic rings. The average Bonchev–Trinajstić information content (AvgIpc) is 2.17. The van der Waals surface area contributed by atoms with Gasteiger partial charge in [-0.25, -0.2) is 0 Å². The molecule has 0 bridgehead atoms. The summed E-state index contributed by atoms with van der Waals surface area (Å²) in [5.74, 6) is 0. The second-order valence-corrected chi connectivity index (χ2v) is 4.40. The van der Waals surface area contributed by atoms with Crippen molar-refractivity contribution >= 4 is 11.4 Å². The summed E-state index contributed by atoms with van der Waals surface area (Å²) in [4.78, 5) is 4.32. The molecule has 0 saturated carbocycles. The predicted molar refractivity (Wildman–Crippen MR) is 69.1 cm³/mol. The van der Waals surface area contributed by atoms with Gasteiger partial charge in [-0.3, -0.25) is 0 Å². The fourth-order valence-electron chi connectivity index (χ4n) is 1.61. The molecule has 0 aliphatic heterocycles. The van der Waals surface area contributed by atoms with Crippen molar-refractivity contribution in [3.63, 3.8) is 0 Å². The van der Waals surface area contributed by atoms with Crippen LogP contribution in [0.5, 0.6) is 0 Å². The Balaban J connectivity index is 3.08. The fourth-order valence-corrected chi connectivity index (χ4v) is 1.61. The number of hydrogen-bond acceptors (Lipinski definition) is 2. The van der Waals surface area contributed by atoms with Gasteiger partial charge in [-0.2, -0.15) is 0 Å². The maximum atomic E-state index is 2.27. The number of aryl methyl sites for hydroxylation is 1. The topological polar surface area (TPSA) is 6.48 Å². The first kappa shape index (κ1) is 11.9. The van der Waals surface area contributed by atoms with E-state index in [1.165, 1.54) is 23.4 Å². The summed E-state index contributed by atoms with van der Waals surface area (Å²) in [5.41, 5.74) is 3.99. The van der Waals surface area contributed by atoms with Gasteiger partial charge in [-0.05, 0) is 30.2 Å². The summed E-state index contributed by atoms with van der Waals surface area (Å²) in [7, 11) is 8.35. The minimum Gasteiger partial charge on any atom is -0.378 e. The van der Waals surface area contributed by atoms with Crippen molar-refractivity contribution in [2.75, 3.05) is 38.0 Å². The smallest absolute Gasteiger partial charge is 0.0384 e. The number of hydrogen-bond donors (Lipinski definition) is 0. The van der Waals surface area contributed by atoms with E-state index >= 15 is 0 Å². The lowest BCUT2D eigenvalue weighted by molar-refractivity contribution is 0.918. The van der Waals surface area contributed by atoms with Crippen LogP contribution in [0.3, 0.4) is 0 Å². The lowest BCUT2D eigenvalue weighted by Crippen LogP contribution is -2.13. The van der Waals surface area contributed by atoms with E-state index in [0.29, 0.717) is 0 Å². The largest absolute Gasteiger partial charge is 0.378 e. The Labute approximate surface area is 93.5 Å². The highest BCUT2D eigenvalue weighted by Gasteiger charge is 2.03. The summed E-state index contributed by atoms with van der Waals surface area (Å²) in [6, 6.07) is 6.77. The van der Waals surface area contributed by atoms with Crippen molar-refractivity contribution in [3.05, 3.63) is 23.8 Å². The van der Waals surface area contributed by atoms with Crippen LogP contribution in [0.1, 0.15) is 18.9 Å². The van der Waals surface area contributed by atoms with E-state index in [4.69, 9.17) is 0 Å². The monoisotopic (exact) mass is 206 g/mol. The van der Waals surface area contributed by atoms with Crippen molar-refractivity contribution in [2.45, 2.75) is 19.8 Å². The van der Waals surface area contributed by atoms with E-state index in [2.05, 4.69) is 63.1 Å². The number of rotatable bonds is 4. The van der Waals surface area contributed by atoms with Crippen molar-refractivity contribution in [2.24, 2.45) is 0 Å². The highest BCUT2D eigenvalue weighted by molar-refractivity contribution is 5.60. The zero-order valence-corrected chi connectivity index (χ0v) is 10.5. The molecule has 0 spiro atoms. The normalized spacial score (nSPS) is 10.2. The van der Waals surface area contributed by atoms with Crippen LogP contribution in [0.15, 0.2) is 18.2 Å². The van der Waals surface area contributed by atoms with Gasteiger partial charge < -0.3 is 9.80 Å². The Morgan fingerprint density at radius 3 is 1.67 bits per heavy atom. The summed E-state index contributed by atoms with van der Waals surface area (Å²) >= 11 is 0. The van der Waals surface area contributed by atoms with Gasteiger partial charge in [0.25, 0.3) is 0 Å². The van der Waals surface area contributed by atoms with Crippen molar-refractivity contribution < 1.29 is 0 Å². The first-order valence-electron chi connectivity index (χ1n) is 5.53. The first-order valence-corrected chi connectivity index (χ1v) is 5.53. The minimum atomic E-state index is 1.16. The van der Waals surface area contributed by atoms with Gasteiger partial charge in [-0.1, -0.05) is 13.3 Å². The second kappa shape index (κ2) is 5.06. The van der Waals surface area contributed by atoms with Crippen molar-refractivity contribution in [1.29, 1.82) is 0 Å². The zero-order chi connectivity index (χ0) is 11.4. The van der Waals surface area contributed by atoms with Crippen LogP contribution in [0.2, 0.25) is 0 Å². The lowest BCUT2D eigenvalue weighted by atomic mass is 10.1. The molecule has 0 atom stereocenters.